The third kappa shape index (κ3) is 2.18. The minimum atomic E-state index is 0.113. The molecule has 0 saturated heterocycles. The molecule has 2 N–H and O–H groups in total. The van der Waals surface area contributed by atoms with E-state index in [4.69, 9.17) is 28.6 Å². The predicted molar refractivity (Wildman–Crippen MR) is 55.0 cm³/mol. The summed E-state index contributed by atoms with van der Waals surface area (Å²) in [5.74, 6) is 2.59. The first-order chi connectivity index (χ1) is 6.66. The molecule has 1 aromatic rings. The van der Waals surface area contributed by atoms with E-state index in [0.29, 0.717) is 11.6 Å². The Balaban J connectivity index is 2.76. The van der Waals surface area contributed by atoms with Gasteiger partial charge in [-0.15, -0.1) is 6.42 Å². The lowest BCUT2D eigenvalue weighted by Gasteiger charge is -1.96. The first-order valence-electron chi connectivity index (χ1n) is 3.73. The molecule has 1 rings (SSSR count). The summed E-state index contributed by atoms with van der Waals surface area (Å²) >= 11 is 5.76. The van der Waals surface area contributed by atoms with Gasteiger partial charge in [0.15, 0.2) is 11.8 Å². The molecule has 0 aliphatic rings. The van der Waals surface area contributed by atoms with Crippen LogP contribution in [0.5, 0.6) is 0 Å². The number of anilines is 1. The molecule has 6 heteroatoms. The number of aromatic nitrogens is 2. The van der Waals surface area contributed by atoms with Gasteiger partial charge in [-0.25, -0.2) is 4.98 Å². The van der Waals surface area contributed by atoms with Crippen molar-refractivity contribution in [2.45, 2.75) is 0 Å². The molecule has 74 valence electrons. The number of halogens is 1. The number of hydrogen-bond donors (Lipinski definition) is 1. The maximum atomic E-state index is 5.76. The van der Waals surface area contributed by atoms with E-state index >= 15 is 0 Å². The molecular weight excluding hydrogens is 204 g/mol. The summed E-state index contributed by atoms with van der Waals surface area (Å²) in [5.41, 5.74) is 6.07. The number of nitrogens with two attached hydrogens (primary N) is 1. The van der Waals surface area contributed by atoms with Crippen LogP contribution in [0.3, 0.4) is 0 Å². The molecule has 0 unspecified atom stereocenters. The Labute approximate surface area is 86.5 Å². The molecule has 0 aliphatic carbocycles. The van der Waals surface area contributed by atoms with Gasteiger partial charge in [0.1, 0.15) is 5.69 Å². The molecule has 0 aliphatic heterocycles. The number of oxime groups is 1. The highest BCUT2D eigenvalue weighted by Gasteiger charge is 2.07. The number of hydrogen-bond acceptors (Lipinski definition) is 4. The van der Waals surface area contributed by atoms with Crippen molar-refractivity contribution in [3.8, 4) is 12.3 Å². The standard InChI is InChI=1S/C8H9ClN4O/c1-3-4-14-11-5-6-7(9)12-8(10)13(6)2/h1,5H,4H2,2H3,(H2,10,12)/b11-5+. The zero-order valence-corrected chi connectivity index (χ0v) is 8.32. The Bertz CT molecular complexity index is 391. The zero-order valence-electron chi connectivity index (χ0n) is 7.57. The van der Waals surface area contributed by atoms with Crippen LogP contribution in [0.25, 0.3) is 0 Å². The molecule has 0 fully saturated rings. The average Bonchev–Trinajstić information content (AvgIpc) is 2.38. The fourth-order valence-electron chi connectivity index (χ4n) is 0.796. The quantitative estimate of drug-likeness (QED) is 0.346. The molecule has 0 spiro atoms. The Morgan fingerprint density at radius 2 is 2.57 bits per heavy atom. The normalized spacial score (nSPS) is 10.4. The van der Waals surface area contributed by atoms with Crippen molar-refractivity contribution in [1.29, 1.82) is 0 Å². The summed E-state index contributed by atoms with van der Waals surface area (Å²) in [6.07, 6.45) is 6.37. The number of imidazole rings is 1. The highest BCUT2D eigenvalue weighted by molar-refractivity contribution is 6.31. The highest BCUT2D eigenvalue weighted by Crippen LogP contribution is 2.14. The van der Waals surface area contributed by atoms with Gasteiger partial charge in [0, 0.05) is 7.05 Å². The first kappa shape index (κ1) is 10.4. The fraction of sp³-hybridized carbons (Fsp3) is 0.250. The van der Waals surface area contributed by atoms with Gasteiger partial charge in [-0.1, -0.05) is 22.7 Å². The van der Waals surface area contributed by atoms with E-state index in [0.717, 1.165) is 0 Å². The van der Waals surface area contributed by atoms with Crippen LogP contribution in [-0.4, -0.2) is 22.4 Å². The van der Waals surface area contributed by atoms with Crippen LogP contribution >= 0.6 is 11.6 Å². The smallest absolute Gasteiger partial charge is 0.201 e. The van der Waals surface area contributed by atoms with Crippen LogP contribution in [0.2, 0.25) is 5.15 Å². The van der Waals surface area contributed by atoms with Crippen molar-refractivity contribution < 1.29 is 4.84 Å². The van der Waals surface area contributed by atoms with Crippen LogP contribution in [0.15, 0.2) is 5.16 Å². The van der Waals surface area contributed by atoms with Gasteiger partial charge in [-0.3, -0.25) is 0 Å². The summed E-state index contributed by atoms with van der Waals surface area (Å²) in [5, 5.41) is 3.87. The Kier molecular flexibility index (Phi) is 3.37. The largest absolute Gasteiger partial charge is 0.383 e. The molecule has 1 aromatic heterocycles. The molecule has 0 amide bonds. The number of nitrogen functional groups attached to an aromatic ring is 1. The van der Waals surface area contributed by atoms with Crippen molar-refractivity contribution in [2.75, 3.05) is 12.3 Å². The van der Waals surface area contributed by atoms with Crippen molar-refractivity contribution in [3.63, 3.8) is 0 Å². The SMILES string of the molecule is C#CCO/N=C/c1c(Cl)nc(N)n1C. The second kappa shape index (κ2) is 4.53. The van der Waals surface area contributed by atoms with Crippen LogP contribution < -0.4 is 5.73 Å². The molecule has 14 heavy (non-hydrogen) atoms. The molecular formula is C8H9ClN4O. The molecule has 5 nitrogen and oxygen atoms in total. The average molecular weight is 213 g/mol. The van der Waals surface area contributed by atoms with Crippen molar-refractivity contribution >= 4 is 23.8 Å². The van der Waals surface area contributed by atoms with E-state index in [1.165, 1.54) is 6.21 Å². The molecule has 0 saturated carbocycles. The van der Waals surface area contributed by atoms with E-state index in [2.05, 4.69) is 16.1 Å². The van der Waals surface area contributed by atoms with Crippen LogP contribution in [-0.2, 0) is 11.9 Å². The Hall–Kier alpha value is -1.67. The third-order valence-electron chi connectivity index (χ3n) is 1.53. The van der Waals surface area contributed by atoms with E-state index in [1.807, 2.05) is 0 Å². The first-order valence-corrected chi connectivity index (χ1v) is 4.11. The van der Waals surface area contributed by atoms with E-state index in [1.54, 1.807) is 11.6 Å². The Morgan fingerprint density at radius 1 is 1.86 bits per heavy atom. The molecule has 0 bridgehead atoms. The minimum Gasteiger partial charge on any atom is -0.383 e. The molecule has 0 atom stereocenters. The maximum absolute atomic E-state index is 5.76. The fourth-order valence-corrected chi connectivity index (χ4v) is 1.06. The lowest BCUT2D eigenvalue weighted by Crippen LogP contribution is -2.00. The summed E-state index contributed by atoms with van der Waals surface area (Å²) in [6, 6.07) is 0. The minimum absolute atomic E-state index is 0.113. The van der Waals surface area contributed by atoms with Crippen LogP contribution in [0.4, 0.5) is 5.95 Å². The number of terminal acetylenes is 1. The van der Waals surface area contributed by atoms with Gasteiger partial charge in [0.25, 0.3) is 0 Å². The summed E-state index contributed by atoms with van der Waals surface area (Å²) in [7, 11) is 1.72. The van der Waals surface area contributed by atoms with Crippen molar-refractivity contribution in [2.24, 2.45) is 12.2 Å². The van der Waals surface area contributed by atoms with E-state index in [9.17, 15) is 0 Å². The van der Waals surface area contributed by atoms with Gasteiger partial charge in [0.05, 0.1) is 6.21 Å². The maximum Gasteiger partial charge on any atom is 0.201 e. The van der Waals surface area contributed by atoms with Crippen molar-refractivity contribution in [1.82, 2.24) is 9.55 Å². The monoisotopic (exact) mass is 212 g/mol. The number of rotatable bonds is 3. The summed E-state index contributed by atoms with van der Waals surface area (Å²) < 4.78 is 1.59. The summed E-state index contributed by atoms with van der Waals surface area (Å²) in [6.45, 7) is 0.113. The molecule has 1 heterocycles. The topological polar surface area (TPSA) is 65.4 Å². The molecule has 0 radical (unpaired) electrons. The van der Waals surface area contributed by atoms with Gasteiger partial charge in [-0.2, -0.15) is 0 Å². The predicted octanol–water partition coefficient (Wildman–Crippen LogP) is 0.639. The highest BCUT2D eigenvalue weighted by atomic mass is 35.5. The third-order valence-corrected chi connectivity index (χ3v) is 1.80. The van der Waals surface area contributed by atoms with Crippen molar-refractivity contribution in [3.05, 3.63) is 10.8 Å². The van der Waals surface area contributed by atoms with Gasteiger partial charge >= 0.3 is 0 Å². The van der Waals surface area contributed by atoms with Crippen LogP contribution in [0, 0.1) is 12.3 Å². The van der Waals surface area contributed by atoms with Crippen LogP contribution in [0.1, 0.15) is 5.69 Å². The lowest BCUT2D eigenvalue weighted by molar-refractivity contribution is 0.181. The van der Waals surface area contributed by atoms with Gasteiger partial charge < -0.3 is 15.1 Å². The van der Waals surface area contributed by atoms with Gasteiger partial charge in [-0.05, 0) is 0 Å². The Morgan fingerprint density at radius 3 is 3.07 bits per heavy atom. The number of nitrogens with zero attached hydrogens (tertiary/aromatic N) is 3. The van der Waals surface area contributed by atoms with Gasteiger partial charge in [0.2, 0.25) is 5.95 Å². The zero-order chi connectivity index (χ0) is 10.6. The van der Waals surface area contributed by atoms with E-state index < -0.39 is 0 Å². The second-order valence-electron chi connectivity index (χ2n) is 2.42. The molecule has 0 aromatic carbocycles. The summed E-state index contributed by atoms with van der Waals surface area (Å²) in [4.78, 5) is 8.53. The lowest BCUT2D eigenvalue weighted by atomic mass is 10.5. The second-order valence-corrected chi connectivity index (χ2v) is 2.78. The van der Waals surface area contributed by atoms with E-state index in [-0.39, 0.29) is 11.8 Å².